The summed E-state index contributed by atoms with van der Waals surface area (Å²) in [6.07, 6.45) is 4.09. The largest absolute Gasteiger partial charge is 0.487 e. The van der Waals surface area contributed by atoms with E-state index in [-0.39, 0.29) is 12.4 Å². The highest BCUT2D eigenvalue weighted by Crippen LogP contribution is 2.23. The van der Waals surface area contributed by atoms with Crippen LogP contribution in [0.15, 0.2) is 24.5 Å². The fourth-order valence-corrected chi connectivity index (χ4v) is 1.93. The number of nitrogens with one attached hydrogen (secondary N) is 1. The van der Waals surface area contributed by atoms with Gasteiger partial charge in [0.25, 0.3) is 0 Å². The molecule has 0 aliphatic rings. The minimum absolute atomic E-state index is 0.199. The van der Waals surface area contributed by atoms with Crippen molar-refractivity contribution in [1.29, 1.82) is 0 Å². The Balaban J connectivity index is 1.98. The van der Waals surface area contributed by atoms with Crippen molar-refractivity contribution in [2.45, 2.75) is 13.0 Å². The lowest BCUT2D eigenvalue weighted by atomic mass is 10.2. The molecule has 0 saturated carbocycles. The lowest BCUT2D eigenvalue weighted by Gasteiger charge is -2.09. The van der Waals surface area contributed by atoms with Gasteiger partial charge in [0, 0.05) is 26.2 Å². The quantitative estimate of drug-likeness (QED) is 0.880. The van der Waals surface area contributed by atoms with Crippen molar-refractivity contribution in [3.8, 4) is 5.75 Å². The number of halogens is 2. The molecule has 108 valence electrons. The van der Waals surface area contributed by atoms with Gasteiger partial charge in [-0.15, -0.1) is 0 Å². The number of aryl methyl sites for hydroxylation is 1. The Bertz CT molecular complexity index is 561. The van der Waals surface area contributed by atoms with Gasteiger partial charge in [-0.1, -0.05) is 0 Å². The molecule has 0 aliphatic heterocycles. The van der Waals surface area contributed by atoms with E-state index < -0.39 is 11.6 Å². The van der Waals surface area contributed by atoms with E-state index in [0.717, 1.165) is 5.56 Å². The van der Waals surface area contributed by atoms with Crippen LogP contribution >= 0.6 is 0 Å². The molecule has 0 spiro atoms. The van der Waals surface area contributed by atoms with E-state index in [1.807, 2.05) is 13.2 Å². The number of hydrogen-bond acceptors (Lipinski definition) is 3. The third-order valence-corrected chi connectivity index (χ3v) is 2.83. The van der Waals surface area contributed by atoms with Gasteiger partial charge in [0.2, 0.25) is 0 Å². The maximum atomic E-state index is 13.8. The van der Waals surface area contributed by atoms with E-state index >= 15 is 0 Å². The van der Waals surface area contributed by atoms with Crippen molar-refractivity contribution in [3.63, 3.8) is 0 Å². The summed E-state index contributed by atoms with van der Waals surface area (Å²) in [5.41, 5.74) is 1.50. The van der Waals surface area contributed by atoms with Gasteiger partial charge in [-0.05, 0) is 30.3 Å². The third kappa shape index (κ3) is 3.54. The SMILES string of the molecule is CNCc1cc(F)c(OCCc2cnn(C)c2)c(F)c1. The molecule has 0 atom stereocenters. The fraction of sp³-hybridized carbons (Fsp3) is 0.357. The van der Waals surface area contributed by atoms with E-state index in [9.17, 15) is 8.78 Å². The van der Waals surface area contributed by atoms with Crippen LogP contribution in [0.3, 0.4) is 0 Å². The molecule has 1 N–H and O–H groups in total. The molecule has 1 heterocycles. The average Bonchev–Trinajstić information content (AvgIpc) is 2.79. The van der Waals surface area contributed by atoms with Crippen molar-refractivity contribution in [3.05, 3.63) is 47.3 Å². The highest BCUT2D eigenvalue weighted by molar-refractivity contribution is 5.31. The van der Waals surface area contributed by atoms with Crippen LogP contribution in [0.2, 0.25) is 0 Å². The maximum Gasteiger partial charge on any atom is 0.190 e. The van der Waals surface area contributed by atoms with Gasteiger partial charge in [0.1, 0.15) is 0 Å². The number of nitrogens with zero attached hydrogens (tertiary/aromatic N) is 2. The van der Waals surface area contributed by atoms with Gasteiger partial charge in [0.15, 0.2) is 17.4 Å². The predicted octanol–water partition coefficient (Wildman–Crippen LogP) is 2.04. The Morgan fingerprint density at radius 1 is 1.25 bits per heavy atom. The molecule has 0 amide bonds. The molecule has 0 bridgehead atoms. The maximum absolute atomic E-state index is 13.8. The van der Waals surface area contributed by atoms with Gasteiger partial charge in [0.05, 0.1) is 12.8 Å². The molecule has 0 saturated heterocycles. The number of rotatable bonds is 6. The Kier molecular flexibility index (Phi) is 4.68. The van der Waals surface area contributed by atoms with Gasteiger partial charge in [-0.3, -0.25) is 4.68 Å². The Morgan fingerprint density at radius 3 is 2.50 bits per heavy atom. The Hall–Kier alpha value is -1.95. The second-order valence-electron chi connectivity index (χ2n) is 4.54. The normalized spacial score (nSPS) is 10.8. The topological polar surface area (TPSA) is 39.1 Å². The summed E-state index contributed by atoms with van der Waals surface area (Å²) in [5.74, 6) is -1.68. The second kappa shape index (κ2) is 6.47. The van der Waals surface area contributed by atoms with Crippen LogP contribution in [0, 0.1) is 11.6 Å². The molecule has 4 nitrogen and oxygen atoms in total. The Morgan fingerprint density at radius 2 is 1.95 bits per heavy atom. The van der Waals surface area contributed by atoms with Crippen LogP contribution in [-0.4, -0.2) is 23.4 Å². The smallest absolute Gasteiger partial charge is 0.190 e. The molecule has 0 unspecified atom stereocenters. The van der Waals surface area contributed by atoms with Gasteiger partial charge >= 0.3 is 0 Å². The fourth-order valence-electron chi connectivity index (χ4n) is 1.93. The first-order chi connectivity index (χ1) is 9.60. The van der Waals surface area contributed by atoms with E-state index in [2.05, 4.69) is 10.4 Å². The van der Waals surface area contributed by atoms with Crippen LogP contribution < -0.4 is 10.1 Å². The van der Waals surface area contributed by atoms with Crippen LogP contribution in [0.5, 0.6) is 5.75 Å². The second-order valence-corrected chi connectivity index (χ2v) is 4.54. The lowest BCUT2D eigenvalue weighted by molar-refractivity contribution is 0.288. The molecule has 20 heavy (non-hydrogen) atoms. The first kappa shape index (κ1) is 14.5. The molecule has 2 rings (SSSR count). The minimum Gasteiger partial charge on any atom is -0.487 e. The summed E-state index contributed by atoms with van der Waals surface area (Å²) >= 11 is 0. The summed E-state index contributed by atoms with van der Waals surface area (Å²) in [6, 6.07) is 2.55. The molecule has 0 radical (unpaired) electrons. The minimum atomic E-state index is -0.679. The first-order valence-corrected chi connectivity index (χ1v) is 6.33. The summed E-state index contributed by atoms with van der Waals surface area (Å²) in [4.78, 5) is 0. The summed E-state index contributed by atoms with van der Waals surface area (Å²) in [5, 5.41) is 6.86. The van der Waals surface area contributed by atoms with Gasteiger partial charge < -0.3 is 10.1 Å². The summed E-state index contributed by atoms with van der Waals surface area (Å²) < 4.78 is 34.4. The molecule has 2 aromatic rings. The van der Waals surface area contributed by atoms with Crippen LogP contribution in [0.1, 0.15) is 11.1 Å². The summed E-state index contributed by atoms with van der Waals surface area (Å²) in [6.45, 7) is 0.606. The highest BCUT2D eigenvalue weighted by atomic mass is 19.1. The standard InChI is InChI=1S/C14H17F2N3O/c1-17-7-11-5-12(15)14(13(16)6-11)20-4-3-10-8-18-19(2)9-10/h5-6,8-9,17H,3-4,7H2,1-2H3. The number of benzene rings is 1. The zero-order valence-corrected chi connectivity index (χ0v) is 11.5. The number of hydrogen-bond donors (Lipinski definition) is 1. The van der Waals surface area contributed by atoms with Crippen molar-refractivity contribution in [2.75, 3.05) is 13.7 Å². The Labute approximate surface area is 116 Å². The zero-order valence-electron chi connectivity index (χ0n) is 11.5. The number of ether oxygens (including phenoxy) is 1. The monoisotopic (exact) mass is 281 g/mol. The molecule has 6 heteroatoms. The molecule has 0 fully saturated rings. The molecule has 1 aromatic heterocycles. The van der Waals surface area contributed by atoms with Crippen molar-refractivity contribution in [2.24, 2.45) is 7.05 Å². The molecule has 1 aromatic carbocycles. The van der Waals surface area contributed by atoms with E-state index in [1.54, 1.807) is 17.9 Å². The first-order valence-electron chi connectivity index (χ1n) is 6.33. The van der Waals surface area contributed by atoms with Crippen LogP contribution in [0.4, 0.5) is 8.78 Å². The molecular formula is C14H17F2N3O. The van der Waals surface area contributed by atoms with Gasteiger partial charge in [-0.2, -0.15) is 5.10 Å². The van der Waals surface area contributed by atoms with E-state index in [4.69, 9.17) is 4.74 Å². The lowest BCUT2D eigenvalue weighted by Crippen LogP contribution is -2.08. The molecule has 0 aliphatic carbocycles. The predicted molar refractivity (Wildman–Crippen MR) is 71.5 cm³/mol. The number of aromatic nitrogens is 2. The average molecular weight is 281 g/mol. The molecular weight excluding hydrogens is 264 g/mol. The third-order valence-electron chi connectivity index (χ3n) is 2.83. The van der Waals surface area contributed by atoms with Crippen molar-refractivity contribution < 1.29 is 13.5 Å². The highest BCUT2D eigenvalue weighted by Gasteiger charge is 2.12. The zero-order chi connectivity index (χ0) is 14.5. The summed E-state index contributed by atoms with van der Waals surface area (Å²) in [7, 11) is 3.53. The van der Waals surface area contributed by atoms with Crippen molar-refractivity contribution >= 4 is 0 Å². The van der Waals surface area contributed by atoms with Crippen molar-refractivity contribution in [1.82, 2.24) is 15.1 Å². The van der Waals surface area contributed by atoms with Gasteiger partial charge in [-0.25, -0.2) is 8.78 Å². The van der Waals surface area contributed by atoms with E-state index in [1.165, 1.54) is 12.1 Å². The van der Waals surface area contributed by atoms with Crippen LogP contribution in [-0.2, 0) is 20.0 Å². The van der Waals surface area contributed by atoms with Crippen LogP contribution in [0.25, 0.3) is 0 Å². The van der Waals surface area contributed by atoms with E-state index in [0.29, 0.717) is 18.5 Å².